The number of hydrogen-bond acceptors (Lipinski definition) is 6. The zero-order valence-electron chi connectivity index (χ0n) is 19.9. The first kappa shape index (κ1) is 25.0. The highest BCUT2D eigenvalue weighted by Gasteiger charge is 2.38. The molecule has 7 nitrogen and oxygen atoms in total. The van der Waals surface area contributed by atoms with Gasteiger partial charge >= 0.3 is 0 Å². The molecule has 3 rings (SSSR count). The van der Waals surface area contributed by atoms with Gasteiger partial charge in [-0.25, -0.2) is 8.42 Å². The fourth-order valence-electron chi connectivity index (χ4n) is 3.94. The van der Waals surface area contributed by atoms with E-state index in [2.05, 4.69) is 23.8 Å². The normalized spacial score (nSPS) is 24.1. The van der Waals surface area contributed by atoms with E-state index in [4.69, 9.17) is 4.74 Å². The molecule has 0 aromatic heterocycles. The number of fused-ring (bicyclic) bond motifs is 1. The molecule has 1 saturated carbocycles. The summed E-state index contributed by atoms with van der Waals surface area (Å²) in [4.78, 5) is 4.40. The highest BCUT2D eigenvalue weighted by molar-refractivity contribution is 7.89. The van der Waals surface area contributed by atoms with E-state index >= 15 is 0 Å². The summed E-state index contributed by atoms with van der Waals surface area (Å²) in [6.07, 6.45) is 2.39. The summed E-state index contributed by atoms with van der Waals surface area (Å²) in [5.41, 5.74) is 0.723. The zero-order valence-corrected chi connectivity index (χ0v) is 20.7. The first-order chi connectivity index (χ1) is 15.1. The minimum Gasteiger partial charge on any atom is -0.487 e. The average Bonchev–Trinajstić information content (AvgIpc) is 3.53. The lowest BCUT2D eigenvalue weighted by atomic mass is 10.0. The van der Waals surface area contributed by atoms with Crippen molar-refractivity contribution in [1.29, 1.82) is 0 Å². The van der Waals surface area contributed by atoms with Gasteiger partial charge in [-0.3, -0.25) is 4.90 Å². The maximum Gasteiger partial charge on any atom is 0.247 e. The molecule has 0 amide bonds. The smallest absolute Gasteiger partial charge is 0.247 e. The third-order valence-corrected chi connectivity index (χ3v) is 8.07. The molecule has 1 fully saturated rings. The molecular weight excluding hydrogens is 426 g/mol. The Labute approximate surface area is 193 Å². The number of rotatable bonds is 7. The standard InChI is InChI=1S/C24H37N3O4S/c1-18-14-27(19(2)17-28)32(29,30)24-11-10-20(7-6-12-25(3)4)13-22(24)31-23(18)16-26(5)15-21-8-9-21/h10-11,13,18-19,21,23,28H,8-9,12,14-17H2,1-5H3/t18-,19-,23-/m0/s1. The molecule has 1 aromatic carbocycles. The molecule has 0 bridgehead atoms. The van der Waals surface area contributed by atoms with E-state index in [0.29, 0.717) is 18.8 Å². The summed E-state index contributed by atoms with van der Waals surface area (Å²) in [6, 6.07) is 4.53. The van der Waals surface area contributed by atoms with E-state index in [1.54, 1.807) is 25.1 Å². The molecule has 32 heavy (non-hydrogen) atoms. The fraction of sp³-hybridized carbons (Fsp3) is 0.667. The molecule has 0 saturated heterocycles. The molecular formula is C24H37N3O4S. The monoisotopic (exact) mass is 463 g/mol. The van der Waals surface area contributed by atoms with Crippen molar-refractivity contribution in [2.45, 2.75) is 43.7 Å². The number of aliphatic hydroxyl groups excluding tert-OH is 1. The van der Waals surface area contributed by atoms with Crippen LogP contribution in [0.4, 0.5) is 0 Å². The van der Waals surface area contributed by atoms with Crippen LogP contribution in [0, 0.1) is 23.7 Å². The number of sulfonamides is 1. The van der Waals surface area contributed by atoms with Crippen molar-refractivity contribution < 1.29 is 18.3 Å². The largest absolute Gasteiger partial charge is 0.487 e. The number of likely N-dealkylation sites (N-methyl/N-ethyl adjacent to an activating group) is 1. The first-order valence-electron chi connectivity index (χ1n) is 11.4. The van der Waals surface area contributed by atoms with E-state index in [0.717, 1.165) is 24.6 Å². The predicted molar refractivity (Wildman–Crippen MR) is 126 cm³/mol. The Morgan fingerprint density at radius 2 is 1.97 bits per heavy atom. The highest BCUT2D eigenvalue weighted by atomic mass is 32.2. The zero-order chi connectivity index (χ0) is 23.5. The minimum atomic E-state index is -3.82. The number of hydrogen-bond donors (Lipinski definition) is 1. The SMILES string of the molecule is C[C@H]1CN([C@@H](C)CO)S(=O)(=O)c2ccc(C#CCN(C)C)cc2O[C@H]1CN(C)CC1CC1. The van der Waals surface area contributed by atoms with Gasteiger partial charge in [0.15, 0.2) is 0 Å². The summed E-state index contributed by atoms with van der Waals surface area (Å²) in [5, 5.41) is 9.75. The Morgan fingerprint density at radius 1 is 1.25 bits per heavy atom. The molecule has 0 radical (unpaired) electrons. The lowest BCUT2D eigenvalue weighted by molar-refractivity contribution is 0.0740. The van der Waals surface area contributed by atoms with Gasteiger partial charge in [0, 0.05) is 37.2 Å². The lowest BCUT2D eigenvalue weighted by Crippen LogP contribution is -2.49. The van der Waals surface area contributed by atoms with Gasteiger partial charge in [-0.2, -0.15) is 4.31 Å². The van der Waals surface area contributed by atoms with Gasteiger partial charge in [0.05, 0.1) is 13.2 Å². The Balaban J connectivity index is 1.98. The van der Waals surface area contributed by atoms with Crippen LogP contribution in [0.1, 0.15) is 32.3 Å². The molecule has 2 aliphatic rings. The van der Waals surface area contributed by atoms with Crippen LogP contribution < -0.4 is 4.74 Å². The van der Waals surface area contributed by atoms with Crippen LogP contribution in [0.25, 0.3) is 0 Å². The van der Waals surface area contributed by atoms with Crippen molar-refractivity contribution in [3.05, 3.63) is 23.8 Å². The summed E-state index contributed by atoms with van der Waals surface area (Å²) >= 11 is 0. The highest BCUT2D eigenvalue weighted by Crippen LogP contribution is 2.35. The molecule has 178 valence electrons. The van der Waals surface area contributed by atoms with Crippen molar-refractivity contribution in [1.82, 2.24) is 14.1 Å². The van der Waals surface area contributed by atoms with E-state index in [-0.39, 0.29) is 23.5 Å². The lowest BCUT2D eigenvalue weighted by Gasteiger charge is -2.37. The van der Waals surface area contributed by atoms with Crippen LogP contribution in [0.3, 0.4) is 0 Å². The predicted octanol–water partition coefficient (Wildman–Crippen LogP) is 1.71. The molecule has 8 heteroatoms. The maximum absolute atomic E-state index is 13.5. The number of ether oxygens (including phenoxy) is 1. The van der Waals surface area contributed by atoms with Crippen LogP contribution in [0.15, 0.2) is 23.1 Å². The molecule has 1 heterocycles. The molecule has 0 spiro atoms. The Bertz CT molecular complexity index is 950. The molecule has 0 unspecified atom stereocenters. The van der Waals surface area contributed by atoms with Crippen molar-refractivity contribution in [3.8, 4) is 17.6 Å². The van der Waals surface area contributed by atoms with Gasteiger partial charge in [-0.1, -0.05) is 18.8 Å². The molecule has 1 aromatic rings. The van der Waals surface area contributed by atoms with E-state index in [9.17, 15) is 13.5 Å². The summed E-state index contributed by atoms with van der Waals surface area (Å²) in [6.45, 7) is 6.19. The number of nitrogens with zero attached hydrogens (tertiary/aromatic N) is 3. The van der Waals surface area contributed by atoms with Gasteiger partial charge < -0.3 is 14.7 Å². The Hall–Kier alpha value is -1.63. The first-order valence-corrected chi connectivity index (χ1v) is 12.8. The van der Waals surface area contributed by atoms with Crippen molar-refractivity contribution >= 4 is 10.0 Å². The second-order valence-electron chi connectivity index (χ2n) is 9.61. The summed E-state index contributed by atoms with van der Waals surface area (Å²) in [7, 11) is 2.18. The third kappa shape index (κ3) is 6.24. The number of aliphatic hydroxyl groups is 1. The van der Waals surface area contributed by atoms with Gasteiger partial charge in [0.2, 0.25) is 10.0 Å². The van der Waals surface area contributed by atoms with Crippen molar-refractivity contribution in [2.24, 2.45) is 11.8 Å². The Kier molecular flexibility index (Phi) is 8.23. The van der Waals surface area contributed by atoms with Gasteiger partial charge in [-0.05, 0) is 65.0 Å². The van der Waals surface area contributed by atoms with E-state index < -0.39 is 16.1 Å². The van der Waals surface area contributed by atoms with Crippen LogP contribution in [0.2, 0.25) is 0 Å². The topological polar surface area (TPSA) is 73.3 Å². The average molecular weight is 464 g/mol. The van der Waals surface area contributed by atoms with Gasteiger partial charge in [0.25, 0.3) is 0 Å². The minimum absolute atomic E-state index is 0.0444. The quantitative estimate of drug-likeness (QED) is 0.621. The van der Waals surface area contributed by atoms with Gasteiger partial charge in [-0.15, -0.1) is 0 Å². The van der Waals surface area contributed by atoms with E-state index in [1.165, 1.54) is 17.1 Å². The fourth-order valence-corrected chi connectivity index (χ4v) is 5.77. The van der Waals surface area contributed by atoms with Gasteiger partial charge in [0.1, 0.15) is 16.7 Å². The molecule has 1 N–H and O–H groups in total. The van der Waals surface area contributed by atoms with Crippen LogP contribution >= 0.6 is 0 Å². The van der Waals surface area contributed by atoms with Crippen LogP contribution in [0.5, 0.6) is 5.75 Å². The van der Waals surface area contributed by atoms with Crippen LogP contribution in [-0.2, 0) is 10.0 Å². The van der Waals surface area contributed by atoms with Crippen molar-refractivity contribution in [2.75, 3.05) is 53.9 Å². The maximum atomic E-state index is 13.5. The second kappa shape index (κ2) is 10.5. The molecule has 1 aliphatic carbocycles. The summed E-state index contributed by atoms with van der Waals surface area (Å²) in [5.74, 6) is 7.26. The van der Waals surface area contributed by atoms with Crippen LogP contribution in [-0.4, -0.2) is 93.7 Å². The third-order valence-electron chi connectivity index (χ3n) is 6.05. The number of benzene rings is 1. The molecule has 1 aliphatic heterocycles. The second-order valence-corrected chi connectivity index (χ2v) is 11.5. The Morgan fingerprint density at radius 3 is 2.59 bits per heavy atom. The summed E-state index contributed by atoms with van der Waals surface area (Å²) < 4.78 is 34.8. The van der Waals surface area contributed by atoms with E-state index in [1.807, 2.05) is 25.9 Å². The van der Waals surface area contributed by atoms with Crippen molar-refractivity contribution in [3.63, 3.8) is 0 Å². The molecule has 3 atom stereocenters.